The summed E-state index contributed by atoms with van der Waals surface area (Å²) in [4.78, 5) is 71.1. The number of ether oxygens (including phenoxy) is 8. The van der Waals surface area contributed by atoms with Crippen molar-refractivity contribution in [2.75, 3.05) is 46.6 Å². The van der Waals surface area contributed by atoms with Crippen molar-refractivity contribution in [3.63, 3.8) is 0 Å². The predicted octanol–water partition coefficient (Wildman–Crippen LogP) is -8.56. The number of benzene rings is 4. The third-order valence-electron chi connectivity index (χ3n) is 18.6. The average molecular weight is 1470 g/mol. The average Bonchev–Trinajstić information content (AvgIpc) is 1.15. The molecule has 37 nitrogen and oxygen atoms in total. The van der Waals surface area contributed by atoms with Gasteiger partial charge in [0.1, 0.15) is 122 Å². The first kappa shape index (κ1) is 79.7. The number of rotatable bonds is 33. The summed E-state index contributed by atoms with van der Waals surface area (Å²) in [5, 5.41) is 177. The van der Waals surface area contributed by atoms with Gasteiger partial charge in [-0.3, -0.25) is 34.8 Å². The van der Waals surface area contributed by atoms with Gasteiger partial charge < -0.3 is 152 Å². The van der Waals surface area contributed by atoms with Crippen molar-refractivity contribution in [2.24, 2.45) is 5.73 Å². The van der Waals surface area contributed by atoms with E-state index in [4.69, 9.17) is 54.4 Å². The highest BCUT2D eigenvalue weighted by molar-refractivity contribution is 5.96. The first-order valence-electron chi connectivity index (χ1n) is 33.3. The van der Waals surface area contributed by atoms with Crippen molar-refractivity contribution in [3.05, 3.63) is 125 Å². The van der Waals surface area contributed by atoms with Gasteiger partial charge >= 0.3 is 0 Å². The minimum atomic E-state index is -2.30. The van der Waals surface area contributed by atoms with Gasteiger partial charge in [-0.05, 0) is 46.5 Å². The summed E-state index contributed by atoms with van der Waals surface area (Å²) in [5.41, 5.74) is 8.97. The maximum absolute atomic E-state index is 15.0. The molecule has 569 valence electrons. The van der Waals surface area contributed by atoms with Crippen LogP contribution in [0.25, 0.3) is 0 Å². The fourth-order valence-electron chi connectivity index (χ4n) is 12.4. The third kappa shape index (κ3) is 19.0. The summed E-state index contributed by atoms with van der Waals surface area (Å²) in [6, 6.07) is 16.4. The molecule has 5 aliphatic rings. The number of nitrogens with one attached hydrogen (secondary N) is 9. The van der Waals surface area contributed by atoms with Gasteiger partial charge in [-0.1, -0.05) is 85.8 Å². The topological polar surface area (TPSA) is 583 Å². The highest BCUT2D eigenvalue weighted by Crippen LogP contribution is 2.34. The first-order valence-corrected chi connectivity index (χ1v) is 33.3. The third-order valence-corrected chi connectivity index (χ3v) is 18.6. The lowest BCUT2D eigenvalue weighted by Crippen LogP contribution is -2.69. The van der Waals surface area contributed by atoms with Crippen LogP contribution in [0.15, 0.2) is 103 Å². The summed E-state index contributed by atoms with van der Waals surface area (Å²) in [6.07, 6.45) is -30.1. The van der Waals surface area contributed by atoms with Gasteiger partial charge in [-0.25, -0.2) is 0 Å². The zero-order valence-electron chi connectivity index (χ0n) is 56.3. The minimum Gasteiger partial charge on any atom is -0.493 e. The molecule has 37 heteroatoms. The summed E-state index contributed by atoms with van der Waals surface area (Å²) in [5.74, 6) is -5.68. The molecule has 5 aliphatic heterocycles. The van der Waals surface area contributed by atoms with Gasteiger partial charge in [0, 0.05) is 25.4 Å². The number of aliphatic hydroxyl groups excluding tert-OH is 13. The van der Waals surface area contributed by atoms with Gasteiger partial charge in [-0.15, -0.1) is 0 Å². The standard InChI is InChI=1S/C67H90N11O26/c1-30(34-11-7-4-8-12-34)45(68)60(94)74-37(59(93)76-46(48(83)38-21-71-66(69)75-38)62(96)77-47(61(95)73-35(23-79)24-80)49(84)39-22-72-67(70)78(39)63-55(90)52(87)50(85)42(25-81)101-63)19-31-13-16-36(17-14-31)100-64-57(92)54(89)58(43(26-82)102-64)104-65-56(91)53(88)51(86)44(103-65)29-98-27-33-15-18-40(97-2)41(20-33)99-28-32-9-5-3-6-10-32/h3-18,20,30,35,37-39,42-58,63-65,79,81-92H,19,21-23,25-29,68H2,1-2H3,(H2,70,72)(H,73,95)(H,74,94)(H,76,93)(H,77,96)(H3,69,71,75)/t30?,35-,37-,38?,39?,42?,43?,44?,45-,46-,47-,48?,49?,50?,51?,52?,53?,54?,55?,56?,57?,58?,63?,64?,65?/m0/s1. The van der Waals surface area contributed by atoms with E-state index in [-0.39, 0.29) is 43.6 Å². The molecule has 9 rings (SSSR count). The Kier molecular flexibility index (Phi) is 28.0. The van der Waals surface area contributed by atoms with Crippen LogP contribution in [0.2, 0.25) is 0 Å². The Hall–Kier alpha value is -8.39. The van der Waals surface area contributed by atoms with E-state index in [9.17, 15) is 85.6 Å². The van der Waals surface area contributed by atoms with Crippen LogP contribution in [0.4, 0.5) is 0 Å². The Morgan fingerprint density at radius 2 is 1.26 bits per heavy atom. The number of hydrogen-bond acceptors (Lipinski definition) is 29. The van der Waals surface area contributed by atoms with Crippen molar-refractivity contribution in [1.82, 2.24) is 42.1 Å². The van der Waals surface area contributed by atoms with E-state index in [2.05, 4.69) is 37.2 Å². The van der Waals surface area contributed by atoms with Crippen LogP contribution in [0.5, 0.6) is 17.2 Å². The van der Waals surface area contributed by atoms with Crippen molar-refractivity contribution in [1.29, 1.82) is 10.8 Å². The molecule has 4 aromatic rings. The Labute approximate surface area is 595 Å². The number of hydrogen-bond donors (Lipinski definition) is 23. The largest absolute Gasteiger partial charge is 0.493 e. The van der Waals surface area contributed by atoms with E-state index in [1.165, 1.54) is 37.7 Å². The Morgan fingerprint density at radius 1 is 0.644 bits per heavy atom. The summed E-state index contributed by atoms with van der Waals surface area (Å²) < 4.78 is 46.6. The second kappa shape index (κ2) is 36.5. The normalized spacial score (nSPS) is 29.9. The van der Waals surface area contributed by atoms with Gasteiger partial charge in [0.15, 0.2) is 35.9 Å². The fourth-order valence-corrected chi connectivity index (χ4v) is 12.4. The highest BCUT2D eigenvalue weighted by Gasteiger charge is 2.54. The van der Waals surface area contributed by atoms with Crippen molar-refractivity contribution >= 4 is 41.8 Å². The molecule has 5 heterocycles. The van der Waals surface area contributed by atoms with Crippen molar-refractivity contribution in [2.45, 2.75) is 179 Å². The maximum Gasteiger partial charge on any atom is 0.246 e. The van der Waals surface area contributed by atoms with Crippen LogP contribution in [0.1, 0.15) is 35.1 Å². The lowest BCUT2D eigenvalue weighted by atomic mass is 9.93. The molecule has 24 N–H and O–H groups in total. The SMILES string of the molecule is COc1ccc(COCC2OC(OC3C(CO)OC(Oc4ccc(C[C@H](NC(=O)[C@@H](N)C(C)c5ccccc5)C(=O)N[C@H](C(=O)N[C@H](C(=O)N[C@H]([C]=O)CO)C(O)C5CNC(=N)N5C5OC(CO)C(O)C(O)C5O)C(O)C5CNC(=N)N5)cc4)C(O)C3O)C(O)C(O)C2O)cc1OCc1ccccc1. The minimum absolute atomic E-state index is 0.0416. The van der Waals surface area contributed by atoms with E-state index in [1.807, 2.05) is 30.3 Å². The molecule has 0 saturated carbocycles. The molecule has 104 heavy (non-hydrogen) atoms. The van der Waals surface area contributed by atoms with Crippen LogP contribution in [-0.4, -0.2) is 306 Å². The fraction of sp³-hybridized carbons (Fsp3) is 0.537. The molecule has 5 fully saturated rings. The van der Waals surface area contributed by atoms with E-state index in [0.717, 1.165) is 10.5 Å². The number of guanidine groups is 2. The smallest absolute Gasteiger partial charge is 0.246 e. The quantitative estimate of drug-likeness (QED) is 0.0211. The summed E-state index contributed by atoms with van der Waals surface area (Å²) in [6.45, 7) is -2.03. The molecule has 0 aliphatic carbocycles. The number of carbonyl (C=O) groups is 4. The lowest BCUT2D eigenvalue weighted by Gasteiger charge is -2.46. The number of aliphatic hydroxyl groups is 13. The molecular weight excluding hydrogens is 1370 g/mol. The second-order valence-electron chi connectivity index (χ2n) is 25.6. The Balaban J connectivity index is 0.902. The molecular formula is C67H90N11O26. The molecule has 5 saturated heterocycles. The van der Waals surface area contributed by atoms with Crippen LogP contribution in [-0.2, 0) is 67.3 Å². The second-order valence-corrected chi connectivity index (χ2v) is 25.6. The van der Waals surface area contributed by atoms with Crippen molar-refractivity contribution in [3.8, 4) is 17.2 Å². The van der Waals surface area contributed by atoms with Crippen molar-refractivity contribution < 1.29 is 128 Å². The van der Waals surface area contributed by atoms with E-state index in [0.29, 0.717) is 22.6 Å². The molecule has 20 unspecified atom stereocenters. The first-order chi connectivity index (χ1) is 49.8. The monoisotopic (exact) mass is 1460 g/mol. The predicted molar refractivity (Wildman–Crippen MR) is 357 cm³/mol. The number of carbonyl (C=O) groups excluding carboxylic acids is 5. The number of nitrogens with two attached hydrogens (primary N) is 1. The van der Waals surface area contributed by atoms with E-state index >= 15 is 4.79 Å². The molecule has 0 aromatic heterocycles. The number of amides is 4. The van der Waals surface area contributed by atoms with Crippen LogP contribution in [0.3, 0.4) is 0 Å². The Bertz CT molecular complexity index is 3510. The molecule has 25 atom stereocenters. The van der Waals surface area contributed by atoms with Gasteiger partial charge in [-0.2, -0.15) is 0 Å². The molecule has 4 amide bonds. The maximum atomic E-state index is 15.0. The van der Waals surface area contributed by atoms with E-state index < -0.39 is 215 Å². The van der Waals surface area contributed by atoms with Crippen LogP contribution in [0, 0.1) is 10.8 Å². The number of nitrogens with zero attached hydrogens (tertiary/aromatic N) is 1. The number of methoxy groups -OCH3 is 1. The zero-order valence-corrected chi connectivity index (χ0v) is 56.3. The van der Waals surface area contributed by atoms with Gasteiger partial charge in [0.2, 0.25) is 36.2 Å². The zero-order chi connectivity index (χ0) is 75.2. The van der Waals surface area contributed by atoms with Gasteiger partial charge in [0.25, 0.3) is 0 Å². The lowest BCUT2D eigenvalue weighted by molar-refractivity contribution is -0.353. The molecule has 4 aromatic carbocycles. The molecule has 1 radical (unpaired) electrons. The van der Waals surface area contributed by atoms with Gasteiger partial charge in [0.05, 0.1) is 58.3 Å². The van der Waals surface area contributed by atoms with E-state index in [1.54, 1.807) is 55.5 Å². The summed E-state index contributed by atoms with van der Waals surface area (Å²) >= 11 is 0. The van der Waals surface area contributed by atoms with Crippen LogP contribution < -0.4 is 57.2 Å². The molecule has 0 bridgehead atoms. The molecule has 0 spiro atoms. The van der Waals surface area contributed by atoms with Crippen LogP contribution >= 0.6 is 0 Å². The Morgan fingerprint density at radius 3 is 1.90 bits per heavy atom. The summed E-state index contributed by atoms with van der Waals surface area (Å²) in [7, 11) is 1.49. The highest BCUT2D eigenvalue weighted by atomic mass is 16.7.